The fourth-order valence-corrected chi connectivity index (χ4v) is 6.96. The molecule has 2 aliphatic rings. The van der Waals surface area contributed by atoms with E-state index in [9.17, 15) is 22.8 Å². The largest absolute Gasteiger partial charge is 0.417 e. The van der Waals surface area contributed by atoms with Crippen molar-refractivity contribution < 1.29 is 18.0 Å². The van der Waals surface area contributed by atoms with Gasteiger partial charge in [-0.25, -0.2) is 4.79 Å². The number of aromatic nitrogens is 4. The fraction of sp³-hybridized carbons (Fsp3) is 0.400. The van der Waals surface area contributed by atoms with Crippen LogP contribution in [-0.4, -0.2) is 61.3 Å². The van der Waals surface area contributed by atoms with Crippen LogP contribution in [0.1, 0.15) is 31.0 Å². The Balaban J connectivity index is 1.70. The maximum Gasteiger partial charge on any atom is 0.417 e. The van der Waals surface area contributed by atoms with E-state index >= 15 is 0 Å². The summed E-state index contributed by atoms with van der Waals surface area (Å²) in [6, 6.07) is 0.408. The van der Waals surface area contributed by atoms with Crippen molar-refractivity contribution in [2.45, 2.75) is 49.5 Å². The molecule has 1 fully saturated rings. The number of hydrogen-bond donors (Lipinski definition) is 0. The van der Waals surface area contributed by atoms with Crippen molar-refractivity contribution in [3.8, 4) is 0 Å². The van der Waals surface area contributed by atoms with Gasteiger partial charge >= 0.3 is 11.9 Å². The van der Waals surface area contributed by atoms with E-state index in [0.717, 1.165) is 17.8 Å². The SMILES string of the molecule is C=CC(=O)N1[C@H](C)CN(c2nc(=O)n3c4c(c(Cl)c(C(F)(F)F)cc24)SC[C@@H](c2cnccn2)C3)C[C@@H]1C. The van der Waals surface area contributed by atoms with Gasteiger partial charge in [-0.15, -0.1) is 11.8 Å². The molecule has 4 heterocycles. The van der Waals surface area contributed by atoms with Crippen LogP contribution in [0.4, 0.5) is 19.0 Å². The highest BCUT2D eigenvalue weighted by Gasteiger charge is 2.39. The third-order valence-electron chi connectivity index (χ3n) is 6.92. The van der Waals surface area contributed by atoms with Crippen LogP contribution in [-0.2, 0) is 17.5 Å². The van der Waals surface area contributed by atoms with E-state index < -0.39 is 22.5 Å². The second-order valence-corrected chi connectivity index (χ2v) is 10.9. The molecule has 0 bridgehead atoms. The molecule has 38 heavy (non-hydrogen) atoms. The molecule has 13 heteroatoms. The average molecular weight is 565 g/mol. The summed E-state index contributed by atoms with van der Waals surface area (Å²) in [4.78, 5) is 42.2. The van der Waals surface area contributed by atoms with Gasteiger partial charge < -0.3 is 9.80 Å². The molecule has 2 aliphatic heterocycles. The third-order valence-corrected chi connectivity index (χ3v) is 8.68. The molecule has 0 aliphatic carbocycles. The monoisotopic (exact) mass is 564 g/mol. The first-order chi connectivity index (χ1) is 18.0. The van der Waals surface area contributed by atoms with Gasteiger partial charge in [0.2, 0.25) is 5.91 Å². The Morgan fingerprint density at radius 1 is 1.21 bits per heavy atom. The van der Waals surface area contributed by atoms with Crippen molar-refractivity contribution >= 4 is 46.0 Å². The quantitative estimate of drug-likeness (QED) is 0.437. The molecule has 1 amide bonds. The van der Waals surface area contributed by atoms with Crippen molar-refractivity contribution in [2.75, 3.05) is 23.7 Å². The molecule has 3 aromatic rings. The summed E-state index contributed by atoms with van der Waals surface area (Å²) in [6.45, 7) is 7.96. The Bertz CT molecular complexity index is 1470. The number of carbonyl (C=O) groups is 1. The van der Waals surface area contributed by atoms with E-state index in [-0.39, 0.29) is 59.6 Å². The Kier molecular flexibility index (Phi) is 6.89. The van der Waals surface area contributed by atoms with Crippen LogP contribution in [0.2, 0.25) is 5.02 Å². The van der Waals surface area contributed by atoms with E-state index in [4.69, 9.17) is 11.6 Å². The summed E-state index contributed by atoms with van der Waals surface area (Å²) < 4.78 is 43.8. The lowest BCUT2D eigenvalue weighted by atomic mass is 10.0. The average Bonchev–Trinajstić information content (AvgIpc) is 3.08. The van der Waals surface area contributed by atoms with Crippen molar-refractivity contribution in [3.05, 3.63) is 64.1 Å². The van der Waals surface area contributed by atoms with E-state index in [0.29, 0.717) is 17.0 Å². The smallest absolute Gasteiger partial charge is 0.352 e. The standard InChI is InChI=1S/C25H24ClF3N6O2S/c1-4-19(36)35-13(2)9-33(10-14(35)3)23-16-7-17(25(27,28)29)20(26)22-21(16)34(24(37)32-23)11-15(12-38-22)18-8-30-5-6-31-18/h4-8,13-15H,1,9-12H2,2-3H3/t13-,14+,15-/m0/s1. The number of thioether (sulfide) groups is 1. The highest BCUT2D eigenvalue weighted by atomic mass is 35.5. The second kappa shape index (κ2) is 9.88. The number of anilines is 1. The minimum absolute atomic E-state index is 0.146. The van der Waals surface area contributed by atoms with Crippen molar-refractivity contribution in [2.24, 2.45) is 0 Å². The Hall–Kier alpha value is -3.12. The van der Waals surface area contributed by atoms with Crippen molar-refractivity contribution in [1.82, 2.24) is 24.4 Å². The van der Waals surface area contributed by atoms with E-state index in [1.54, 1.807) is 16.0 Å². The number of halogens is 4. The number of alkyl halides is 3. The molecule has 1 saturated heterocycles. The second-order valence-electron chi connectivity index (χ2n) is 9.48. The number of carbonyl (C=O) groups excluding carboxylic acids is 1. The molecule has 1 aromatic carbocycles. The van der Waals surface area contributed by atoms with Gasteiger partial charge in [0.25, 0.3) is 0 Å². The topological polar surface area (TPSA) is 84.2 Å². The first-order valence-corrected chi connectivity index (χ1v) is 13.3. The molecule has 0 spiro atoms. The van der Waals surface area contributed by atoms with Gasteiger partial charge in [-0.1, -0.05) is 18.2 Å². The van der Waals surface area contributed by atoms with Crippen LogP contribution in [0.5, 0.6) is 0 Å². The van der Waals surface area contributed by atoms with E-state index in [1.165, 1.54) is 23.0 Å². The highest BCUT2D eigenvalue weighted by Crippen LogP contribution is 2.47. The molecule has 3 atom stereocenters. The predicted octanol–water partition coefficient (Wildman–Crippen LogP) is 4.36. The zero-order valence-corrected chi connectivity index (χ0v) is 22.1. The molecule has 0 radical (unpaired) electrons. The molecular weight excluding hydrogens is 541 g/mol. The molecule has 0 unspecified atom stereocenters. The Morgan fingerprint density at radius 2 is 1.92 bits per heavy atom. The first-order valence-electron chi connectivity index (χ1n) is 11.9. The van der Waals surface area contributed by atoms with E-state index in [1.807, 2.05) is 13.8 Å². The van der Waals surface area contributed by atoms with Crippen LogP contribution in [0.15, 0.2) is 47.0 Å². The maximum atomic E-state index is 14.1. The summed E-state index contributed by atoms with van der Waals surface area (Å²) in [5.41, 5.74) is -0.637. The van der Waals surface area contributed by atoms with Gasteiger partial charge in [0.15, 0.2) is 0 Å². The summed E-state index contributed by atoms with van der Waals surface area (Å²) >= 11 is 7.54. The fourth-order valence-electron chi connectivity index (χ4n) is 5.31. The molecule has 200 valence electrons. The zero-order chi connectivity index (χ0) is 27.4. The minimum atomic E-state index is -4.72. The van der Waals surface area contributed by atoms with Gasteiger partial charge in [-0.3, -0.25) is 19.3 Å². The van der Waals surface area contributed by atoms with Crippen molar-refractivity contribution in [1.29, 1.82) is 0 Å². The molecule has 0 N–H and O–H groups in total. The van der Waals surface area contributed by atoms with Crippen LogP contribution in [0, 0.1) is 0 Å². The summed E-state index contributed by atoms with van der Waals surface area (Å²) in [6.07, 6.45) is 1.17. The highest BCUT2D eigenvalue weighted by molar-refractivity contribution is 7.99. The summed E-state index contributed by atoms with van der Waals surface area (Å²) in [5.74, 6) is -0.0355. The van der Waals surface area contributed by atoms with Crippen LogP contribution in [0.3, 0.4) is 0 Å². The lowest BCUT2D eigenvalue weighted by Crippen LogP contribution is -2.58. The number of benzene rings is 1. The van der Waals surface area contributed by atoms with Crippen molar-refractivity contribution in [3.63, 3.8) is 0 Å². The van der Waals surface area contributed by atoms with E-state index in [2.05, 4.69) is 21.5 Å². The Morgan fingerprint density at radius 3 is 2.53 bits per heavy atom. The molecule has 8 nitrogen and oxygen atoms in total. The lowest BCUT2D eigenvalue weighted by Gasteiger charge is -2.44. The molecular formula is C25H24ClF3N6O2S. The third kappa shape index (κ3) is 4.53. The normalized spacial score (nSPS) is 21.9. The van der Waals surface area contributed by atoms with Gasteiger partial charge in [-0.2, -0.15) is 18.2 Å². The number of amides is 1. The molecule has 2 aromatic heterocycles. The lowest BCUT2D eigenvalue weighted by molar-refractivity contribution is -0.137. The van der Waals surface area contributed by atoms with Crippen LogP contribution in [0.25, 0.3) is 10.9 Å². The van der Waals surface area contributed by atoms with Crippen LogP contribution >= 0.6 is 23.4 Å². The van der Waals surface area contributed by atoms with Crippen LogP contribution < -0.4 is 10.6 Å². The maximum absolute atomic E-state index is 14.1. The predicted molar refractivity (Wildman–Crippen MR) is 140 cm³/mol. The summed E-state index contributed by atoms with van der Waals surface area (Å²) in [5, 5.41) is -0.255. The molecule has 5 rings (SSSR count). The number of nitrogens with zero attached hydrogens (tertiary/aromatic N) is 6. The number of rotatable bonds is 3. The number of hydrogen-bond acceptors (Lipinski definition) is 7. The van der Waals surface area contributed by atoms with Gasteiger partial charge in [0.1, 0.15) is 5.82 Å². The zero-order valence-electron chi connectivity index (χ0n) is 20.6. The van der Waals surface area contributed by atoms with Gasteiger partial charge in [0, 0.05) is 67.4 Å². The molecule has 0 saturated carbocycles. The Labute approximate surface area is 225 Å². The van der Waals surface area contributed by atoms with Gasteiger partial charge in [0.05, 0.1) is 26.7 Å². The summed E-state index contributed by atoms with van der Waals surface area (Å²) in [7, 11) is 0. The minimum Gasteiger partial charge on any atom is -0.352 e. The number of piperazine rings is 1. The first kappa shape index (κ1) is 26.5. The van der Waals surface area contributed by atoms with Gasteiger partial charge in [-0.05, 0) is 26.0 Å².